The second-order valence-corrected chi connectivity index (χ2v) is 8.67. The number of benzene rings is 2. The number of anilines is 1. The summed E-state index contributed by atoms with van der Waals surface area (Å²) in [5.41, 5.74) is 0.528. The average Bonchev–Trinajstić information content (AvgIpc) is 3.50. The average molecular weight is 435 g/mol. The number of carbonyl (C=O) groups excluding carboxylic acids is 3. The van der Waals surface area contributed by atoms with Crippen molar-refractivity contribution in [1.29, 1.82) is 0 Å². The van der Waals surface area contributed by atoms with E-state index in [-0.39, 0.29) is 19.2 Å². The van der Waals surface area contributed by atoms with Gasteiger partial charge in [0.2, 0.25) is 24.5 Å². The number of amides is 3. The Balaban J connectivity index is 1.41. The normalized spacial score (nSPS) is 30.6. The Kier molecular flexibility index (Phi) is 3.94. The van der Waals surface area contributed by atoms with Crippen LogP contribution in [0.3, 0.4) is 0 Å². The van der Waals surface area contributed by atoms with Crippen LogP contribution in [-0.2, 0) is 26.5 Å². The highest BCUT2D eigenvalue weighted by molar-refractivity contribution is 6.15. The molecule has 6 rings (SSSR count). The Hall–Kier alpha value is -3.43. The van der Waals surface area contributed by atoms with Crippen LogP contribution in [0.15, 0.2) is 42.5 Å². The Labute approximate surface area is 183 Å². The zero-order chi connectivity index (χ0) is 22.2. The van der Waals surface area contributed by atoms with Crippen molar-refractivity contribution < 1.29 is 29.0 Å². The molecule has 0 saturated carbocycles. The van der Waals surface area contributed by atoms with Crippen LogP contribution in [0.1, 0.15) is 18.1 Å². The number of hydrogen-bond donors (Lipinski definition) is 3. The van der Waals surface area contributed by atoms with Crippen molar-refractivity contribution in [2.75, 3.05) is 12.1 Å². The van der Waals surface area contributed by atoms with Gasteiger partial charge in [-0.25, -0.2) is 0 Å². The highest BCUT2D eigenvalue weighted by atomic mass is 16.7. The number of nitrogens with one attached hydrogen (secondary N) is 2. The zero-order valence-corrected chi connectivity index (χ0v) is 17.2. The maximum Gasteiger partial charge on any atom is 0.250 e. The molecule has 1 spiro atoms. The van der Waals surface area contributed by atoms with Crippen molar-refractivity contribution in [3.8, 4) is 11.5 Å². The van der Waals surface area contributed by atoms with E-state index in [2.05, 4.69) is 10.6 Å². The van der Waals surface area contributed by atoms with Gasteiger partial charge in [-0.3, -0.25) is 24.6 Å². The van der Waals surface area contributed by atoms with Gasteiger partial charge in [0.05, 0.1) is 24.5 Å². The molecule has 0 aromatic heterocycles. The van der Waals surface area contributed by atoms with Crippen molar-refractivity contribution >= 4 is 23.4 Å². The summed E-state index contributed by atoms with van der Waals surface area (Å²) in [5, 5.41) is 16.5. The number of likely N-dealkylation sites (tertiary alicyclic amines) is 1. The number of para-hydroxylation sites is 1. The van der Waals surface area contributed by atoms with Crippen LogP contribution in [0.25, 0.3) is 0 Å². The summed E-state index contributed by atoms with van der Waals surface area (Å²) in [7, 11) is 0. The van der Waals surface area contributed by atoms with E-state index in [1.54, 1.807) is 49.4 Å². The molecule has 164 valence electrons. The van der Waals surface area contributed by atoms with Gasteiger partial charge in [-0.05, 0) is 30.7 Å². The van der Waals surface area contributed by atoms with Crippen molar-refractivity contribution in [2.24, 2.45) is 11.8 Å². The van der Waals surface area contributed by atoms with Gasteiger partial charge >= 0.3 is 0 Å². The van der Waals surface area contributed by atoms with E-state index in [9.17, 15) is 19.5 Å². The minimum Gasteiger partial charge on any atom is -0.454 e. The van der Waals surface area contributed by atoms with Crippen molar-refractivity contribution in [3.63, 3.8) is 0 Å². The number of rotatable bonds is 3. The Morgan fingerprint density at radius 2 is 1.91 bits per heavy atom. The molecule has 2 aromatic carbocycles. The first kappa shape index (κ1) is 19.3. The summed E-state index contributed by atoms with van der Waals surface area (Å²) in [6, 6.07) is 11.7. The summed E-state index contributed by atoms with van der Waals surface area (Å²) in [6.45, 7) is 1.74. The molecule has 4 heterocycles. The van der Waals surface area contributed by atoms with Crippen LogP contribution in [-0.4, -0.2) is 46.7 Å². The van der Waals surface area contributed by atoms with E-state index in [4.69, 9.17) is 9.47 Å². The molecule has 32 heavy (non-hydrogen) atoms. The number of carbonyl (C=O) groups is 3. The number of aliphatic hydroxyl groups excluding tert-OH is 1. The van der Waals surface area contributed by atoms with E-state index in [1.165, 1.54) is 4.90 Å². The molecule has 9 nitrogen and oxygen atoms in total. The second-order valence-electron chi connectivity index (χ2n) is 8.67. The molecule has 2 aromatic rings. The van der Waals surface area contributed by atoms with Crippen molar-refractivity contribution in [1.82, 2.24) is 10.2 Å². The summed E-state index contributed by atoms with van der Waals surface area (Å²) in [4.78, 5) is 41.6. The first-order valence-electron chi connectivity index (χ1n) is 10.5. The molecule has 4 aliphatic heterocycles. The van der Waals surface area contributed by atoms with Crippen LogP contribution in [0.2, 0.25) is 0 Å². The zero-order valence-electron chi connectivity index (χ0n) is 17.2. The summed E-state index contributed by atoms with van der Waals surface area (Å²) < 4.78 is 10.7. The fraction of sp³-hybridized carbons (Fsp3) is 0.348. The Bertz CT molecular complexity index is 1180. The van der Waals surface area contributed by atoms with E-state index in [1.807, 2.05) is 0 Å². The number of fused-ring (bicyclic) bond motifs is 5. The molecule has 4 aliphatic rings. The highest BCUT2D eigenvalue weighted by Crippen LogP contribution is 2.53. The molecule has 2 saturated heterocycles. The van der Waals surface area contributed by atoms with Gasteiger partial charge < -0.3 is 19.9 Å². The van der Waals surface area contributed by atoms with Gasteiger partial charge in [-0.15, -0.1) is 0 Å². The topological polar surface area (TPSA) is 117 Å². The number of aliphatic hydroxyl groups is 1. The fourth-order valence-electron chi connectivity index (χ4n) is 5.54. The standard InChI is InChI=1S/C23H21N3O6/c1-11(27)19-17-18(23(25-19)13-4-2-3-5-14(13)24-22(23)30)21(29)26(20(17)28)9-12-6-7-15-16(8-12)32-10-31-15/h2-8,11,17-19,25,27H,9-10H2,1H3,(H,24,30)/t11?,17-,18-,19-,23-/m0/s1. The minimum atomic E-state index is -1.40. The van der Waals surface area contributed by atoms with Crippen LogP contribution >= 0.6 is 0 Å². The summed E-state index contributed by atoms with van der Waals surface area (Å²) in [6.07, 6.45) is -0.940. The Morgan fingerprint density at radius 3 is 2.72 bits per heavy atom. The lowest BCUT2D eigenvalue weighted by molar-refractivity contribution is -0.143. The molecule has 9 heteroatoms. The Morgan fingerprint density at radius 1 is 1.12 bits per heavy atom. The number of nitrogens with zero attached hydrogens (tertiary/aromatic N) is 1. The monoisotopic (exact) mass is 435 g/mol. The maximum absolute atomic E-state index is 13.7. The van der Waals surface area contributed by atoms with Gasteiger partial charge in [-0.2, -0.15) is 0 Å². The molecule has 5 atom stereocenters. The smallest absolute Gasteiger partial charge is 0.250 e. The largest absolute Gasteiger partial charge is 0.454 e. The highest BCUT2D eigenvalue weighted by Gasteiger charge is 2.71. The van der Waals surface area contributed by atoms with E-state index in [0.29, 0.717) is 28.3 Å². The van der Waals surface area contributed by atoms with Crippen molar-refractivity contribution in [2.45, 2.75) is 31.2 Å². The van der Waals surface area contributed by atoms with Crippen LogP contribution in [0, 0.1) is 11.8 Å². The van der Waals surface area contributed by atoms with Crippen LogP contribution in [0.5, 0.6) is 11.5 Å². The molecule has 1 unspecified atom stereocenters. The van der Waals surface area contributed by atoms with Gasteiger partial charge in [0.15, 0.2) is 11.5 Å². The summed E-state index contributed by atoms with van der Waals surface area (Å²) >= 11 is 0. The molecular weight excluding hydrogens is 414 g/mol. The van der Waals surface area contributed by atoms with E-state index < -0.39 is 41.3 Å². The lowest BCUT2D eigenvalue weighted by Gasteiger charge is -2.30. The predicted octanol–water partition coefficient (Wildman–Crippen LogP) is 0.717. The third-order valence-electron chi connectivity index (χ3n) is 6.95. The predicted molar refractivity (Wildman–Crippen MR) is 110 cm³/mol. The molecule has 3 amide bonds. The molecule has 2 fully saturated rings. The summed E-state index contributed by atoms with van der Waals surface area (Å²) in [5.74, 6) is -1.85. The number of imide groups is 1. The first-order chi connectivity index (χ1) is 15.4. The third-order valence-corrected chi connectivity index (χ3v) is 6.95. The van der Waals surface area contributed by atoms with Gasteiger partial charge in [0.1, 0.15) is 5.54 Å². The SMILES string of the molecule is CC(O)[C@@H]1N[C@]2(C(=O)Nc3ccccc32)[C@@H]2C(=O)N(Cc3ccc4c(c3)OCO4)C(=O)[C@@H]21. The van der Waals surface area contributed by atoms with Crippen molar-refractivity contribution in [3.05, 3.63) is 53.6 Å². The number of hydrogen-bond acceptors (Lipinski definition) is 7. The van der Waals surface area contributed by atoms with Crippen LogP contribution < -0.4 is 20.1 Å². The number of ether oxygens (including phenoxy) is 2. The molecule has 0 bridgehead atoms. The minimum absolute atomic E-state index is 0.0488. The van der Waals surface area contributed by atoms with Gasteiger partial charge in [-0.1, -0.05) is 24.3 Å². The van der Waals surface area contributed by atoms with E-state index >= 15 is 0 Å². The first-order valence-corrected chi connectivity index (χ1v) is 10.5. The fourth-order valence-corrected chi connectivity index (χ4v) is 5.54. The third kappa shape index (κ3) is 2.37. The maximum atomic E-state index is 13.7. The molecule has 0 radical (unpaired) electrons. The lowest BCUT2D eigenvalue weighted by atomic mass is 9.76. The van der Waals surface area contributed by atoms with Gasteiger partial charge in [0, 0.05) is 17.3 Å². The molecular formula is C23H21N3O6. The van der Waals surface area contributed by atoms with Crippen LogP contribution in [0.4, 0.5) is 5.69 Å². The second kappa shape index (κ2) is 6.54. The molecule has 0 aliphatic carbocycles. The van der Waals surface area contributed by atoms with Gasteiger partial charge in [0.25, 0.3) is 0 Å². The lowest BCUT2D eigenvalue weighted by Crippen LogP contribution is -2.54. The van der Waals surface area contributed by atoms with E-state index in [0.717, 1.165) is 0 Å². The quantitative estimate of drug-likeness (QED) is 0.608. The molecule has 3 N–H and O–H groups in total.